The van der Waals surface area contributed by atoms with Crippen LogP contribution in [0.4, 0.5) is 0 Å². The monoisotopic (exact) mass is 211 g/mol. The van der Waals surface area contributed by atoms with Crippen molar-refractivity contribution >= 4 is 0 Å². The van der Waals surface area contributed by atoms with E-state index in [2.05, 4.69) is 18.7 Å². The lowest BCUT2D eigenvalue weighted by molar-refractivity contribution is 0.0530. The van der Waals surface area contributed by atoms with Crippen molar-refractivity contribution in [2.45, 2.75) is 13.8 Å². The van der Waals surface area contributed by atoms with E-state index in [0.717, 1.165) is 37.8 Å². The van der Waals surface area contributed by atoms with Crippen LogP contribution < -0.4 is 11.5 Å². The molecule has 4 heteroatoms. The van der Waals surface area contributed by atoms with Crippen molar-refractivity contribution in [3.8, 4) is 0 Å². The largest absolute Gasteiger partial charge is 0.402 e. The Labute approximate surface area is 91.6 Å². The predicted octanol–water partition coefficient (Wildman–Crippen LogP) is 0.617. The molecule has 0 bridgehead atoms. The van der Waals surface area contributed by atoms with Gasteiger partial charge in [-0.15, -0.1) is 0 Å². The lowest BCUT2D eigenvalue weighted by Gasteiger charge is -2.28. The van der Waals surface area contributed by atoms with E-state index in [1.54, 1.807) is 0 Å². The molecule has 4 nitrogen and oxygen atoms in total. The van der Waals surface area contributed by atoms with Crippen LogP contribution in [0.2, 0.25) is 0 Å². The molecule has 86 valence electrons. The second kappa shape index (κ2) is 5.66. The van der Waals surface area contributed by atoms with Crippen molar-refractivity contribution in [2.75, 3.05) is 26.3 Å². The Balaban J connectivity index is 2.54. The van der Waals surface area contributed by atoms with Gasteiger partial charge in [0.1, 0.15) is 0 Å². The van der Waals surface area contributed by atoms with Gasteiger partial charge in [0.2, 0.25) is 0 Å². The Morgan fingerprint density at radius 2 is 1.80 bits per heavy atom. The Hall–Kier alpha value is -1.16. The molecule has 4 N–H and O–H groups in total. The van der Waals surface area contributed by atoms with E-state index in [4.69, 9.17) is 16.2 Å². The van der Waals surface area contributed by atoms with Gasteiger partial charge in [-0.2, -0.15) is 0 Å². The molecule has 0 amide bonds. The molecule has 0 spiro atoms. The van der Waals surface area contributed by atoms with Gasteiger partial charge < -0.3 is 21.1 Å². The standard InChI is InChI=1S/C11H21N3O/c1-9(2)10(12)3-4-11(13)14-5-7-15-8-6-14/h3-4,9H,5-8,12-13H2,1-2H3/b10-3-,11-4+. The third-order valence-electron chi connectivity index (χ3n) is 2.49. The third-order valence-corrected chi connectivity index (χ3v) is 2.49. The highest BCUT2D eigenvalue weighted by Crippen LogP contribution is 2.05. The van der Waals surface area contributed by atoms with Gasteiger partial charge in [0.05, 0.1) is 19.0 Å². The van der Waals surface area contributed by atoms with Crippen LogP contribution in [0.15, 0.2) is 23.7 Å². The summed E-state index contributed by atoms with van der Waals surface area (Å²) in [5, 5.41) is 0. The molecule has 1 saturated heterocycles. The second-order valence-corrected chi connectivity index (χ2v) is 4.01. The van der Waals surface area contributed by atoms with E-state index in [1.165, 1.54) is 0 Å². The van der Waals surface area contributed by atoms with E-state index in [-0.39, 0.29) is 0 Å². The number of hydrogen-bond acceptors (Lipinski definition) is 4. The first-order valence-electron chi connectivity index (χ1n) is 5.36. The van der Waals surface area contributed by atoms with Crippen LogP contribution in [0.25, 0.3) is 0 Å². The predicted molar refractivity (Wildman–Crippen MR) is 61.8 cm³/mol. The van der Waals surface area contributed by atoms with E-state index in [0.29, 0.717) is 5.92 Å². The molecule has 1 rings (SSSR count). The van der Waals surface area contributed by atoms with Crippen LogP contribution in [0.1, 0.15) is 13.8 Å². The van der Waals surface area contributed by atoms with Gasteiger partial charge in [-0.1, -0.05) is 13.8 Å². The van der Waals surface area contributed by atoms with Gasteiger partial charge in [-0.25, -0.2) is 0 Å². The Kier molecular flexibility index (Phi) is 4.49. The summed E-state index contributed by atoms with van der Waals surface area (Å²) in [5.41, 5.74) is 12.6. The minimum Gasteiger partial charge on any atom is -0.402 e. The highest BCUT2D eigenvalue weighted by Gasteiger charge is 2.10. The molecule has 1 heterocycles. The smallest absolute Gasteiger partial charge is 0.0988 e. The third kappa shape index (κ3) is 3.83. The molecule has 0 saturated carbocycles. The van der Waals surface area contributed by atoms with Crippen molar-refractivity contribution in [3.05, 3.63) is 23.7 Å². The number of allylic oxidation sites excluding steroid dienone is 3. The summed E-state index contributed by atoms with van der Waals surface area (Å²) < 4.78 is 5.25. The average molecular weight is 211 g/mol. The van der Waals surface area contributed by atoms with Gasteiger partial charge in [0.15, 0.2) is 0 Å². The molecular weight excluding hydrogens is 190 g/mol. The van der Waals surface area contributed by atoms with E-state index in [9.17, 15) is 0 Å². The normalized spacial score (nSPS) is 19.8. The number of ether oxygens (including phenoxy) is 1. The Morgan fingerprint density at radius 1 is 1.20 bits per heavy atom. The maximum atomic E-state index is 5.93. The lowest BCUT2D eigenvalue weighted by Crippen LogP contribution is -2.38. The number of rotatable bonds is 3. The quantitative estimate of drug-likeness (QED) is 0.672. The van der Waals surface area contributed by atoms with Crippen LogP contribution in [-0.4, -0.2) is 31.2 Å². The van der Waals surface area contributed by atoms with Crippen LogP contribution >= 0.6 is 0 Å². The zero-order valence-electron chi connectivity index (χ0n) is 9.57. The zero-order valence-corrected chi connectivity index (χ0v) is 9.57. The molecule has 15 heavy (non-hydrogen) atoms. The van der Waals surface area contributed by atoms with Crippen LogP contribution in [0.5, 0.6) is 0 Å². The minimum absolute atomic E-state index is 0.360. The van der Waals surface area contributed by atoms with Crippen LogP contribution in [-0.2, 0) is 4.74 Å². The van der Waals surface area contributed by atoms with Gasteiger partial charge in [0, 0.05) is 18.8 Å². The number of morpholine rings is 1. The first-order valence-corrected chi connectivity index (χ1v) is 5.36. The van der Waals surface area contributed by atoms with E-state index < -0.39 is 0 Å². The number of nitrogens with zero attached hydrogens (tertiary/aromatic N) is 1. The molecule has 0 radical (unpaired) electrons. The summed E-state index contributed by atoms with van der Waals surface area (Å²) in [7, 11) is 0. The van der Waals surface area contributed by atoms with Crippen LogP contribution in [0.3, 0.4) is 0 Å². The zero-order chi connectivity index (χ0) is 11.3. The number of nitrogens with two attached hydrogens (primary N) is 2. The van der Waals surface area contributed by atoms with Gasteiger partial charge in [-0.05, 0) is 18.1 Å². The first-order chi connectivity index (χ1) is 7.11. The maximum absolute atomic E-state index is 5.93. The fourth-order valence-electron chi connectivity index (χ4n) is 1.30. The molecule has 0 aromatic heterocycles. The summed E-state index contributed by atoms with van der Waals surface area (Å²) in [5.74, 6) is 1.13. The first kappa shape index (κ1) is 11.9. The van der Waals surface area contributed by atoms with E-state index in [1.807, 2.05) is 12.2 Å². The van der Waals surface area contributed by atoms with Gasteiger partial charge in [-0.3, -0.25) is 0 Å². The molecule has 0 aromatic rings. The Morgan fingerprint density at radius 3 is 2.33 bits per heavy atom. The van der Waals surface area contributed by atoms with Crippen molar-refractivity contribution in [1.29, 1.82) is 0 Å². The van der Waals surface area contributed by atoms with Crippen molar-refractivity contribution in [3.63, 3.8) is 0 Å². The van der Waals surface area contributed by atoms with Crippen LogP contribution in [0, 0.1) is 5.92 Å². The topological polar surface area (TPSA) is 64.5 Å². The maximum Gasteiger partial charge on any atom is 0.0988 e. The fraction of sp³-hybridized carbons (Fsp3) is 0.636. The summed E-state index contributed by atoms with van der Waals surface area (Å²) in [4.78, 5) is 2.10. The summed E-state index contributed by atoms with van der Waals surface area (Å²) in [6.07, 6.45) is 3.76. The molecule has 0 aliphatic carbocycles. The average Bonchev–Trinajstić information content (AvgIpc) is 2.26. The summed E-state index contributed by atoms with van der Waals surface area (Å²) in [6, 6.07) is 0. The highest BCUT2D eigenvalue weighted by molar-refractivity contribution is 5.15. The van der Waals surface area contributed by atoms with Crippen molar-refractivity contribution in [2.24, 2.45) is 17.4 Å². The lowest BCUT2D eigenvalue weighted by atomic mass is 10.1. The molecule has 1 aliphatic rings. The fourth-order valence-corrected chi connectivity index (χ4v) is 1.30. The molecular formula is C11H21N3O. The van der Waals surface area contributed by atoms with Crippen molar-refractivity contribution < 1.29 is 4.74 Å². The molecule has 1 fully saturated rings. The van der Waals surface area contributed by atoms with Crippen molar-refractivity contribution in [1.82, 2.24) is 4.90 Å². The molecule has 0 atom stereocenters. The number of hydrogen-bond donors (Lipinski definition) is 2. The summed E-state index contributed by atoms with van der Waals surface area (Å²) >= 11 is 0. The second-order valence-electron chi connectivity index (χ2n) is 4.01. The van der Waals surface area contributed by atoms with Gasteiger partial charge >= 0.3 is 0 Å². The van der Waals surface area contributed by atoms with E-state index >= 15 is 0 Å². The highest BCUT2D eigenvalue weighted by atomic mass is 16.5. The van der Waals surface area contributed by atoms with Gasteiger partial charge in [0.25, 0.3) is 0 Å². The minimum atomic E-state index is 0.360. The SMILES string of the molecule is CC(C)/C(N)=C/C=C(\N)N1CCOCC1. The molecule has 0 unspecified atom stereocenters. The summed E-state index contributed by atoms with van der Waals surface area (Å²) in [6.45, 7) is 7.33. The Bertz CT molecular complexity index is 253. The molecule has 1 aliphatic heterocycles. The molecule has 0 aromatic carbocycles.